The lowest BCUT2D eigenvalue weighted by Gasteiger charge is -2.29. The predicted molar refractivity (Wildman–Crippen MR) is 78.5 cm³/mol. The van der Waals surface area contributed by atoms with Crippen LogP contribution in [0.5, 0.6) is 0 Å². The van der Waals surface area contributed by atoms with E-state index >= 15 is 0 Å². The van der Waals surface area contributed by atoms with Crippen molar-refractivity contribution in [1.29, 1.82) is 5.26 Å². The van der Waals surface area contributed by atoms with E-state index in [-0.39, 0.29) is 5.12 Å². The second kappa shape index (κ2) is 4.75. The number of nitriles is 1. The molecule has 1 atom stereocenters. The van der Waals surface area contributed by atoms with E-state index in [1.54, 1.807) is 18.2 Å². The Morgan fingerprint density at radius 1 is 1.44 bits per heavy atom. The average Bonchev–Trinajstić information content (AvgIpc) is 2.36. The Hall–Kier alpha value is -1.32. The molecule has 0 aromatic heterocycles. The van der Waals surface area contributed by atoms with Crippen LogP contribution in [0.15, 0.2) is 22.7 Å². The molecular formula is C12H13BrN2O2S. The number of nitrogen functional groups attached to an aromatic ring is 1. The molecule has 4 nitrogen and oxygen atoms in total. The van der Waals surface area contributed by atoms with Crippen molar-refractivity contribution in [2.24, 2.45) is 0 Å². The van der Waals surface area contributed by atoms with Crippen molar-refractivity contribution in [2.45, 2.75) is 11.8 Å². The van der Waals surface area contributed by atoms with Crippen LogP contribution >= 0.6 is 27.7 Å². The van der Waals surface area contributed by atoms with Crippen molar-refractivity contribution in [2.75, 3.05) is 11.5 Å². The summed E-state index contributed by atoms with van der Waals surface area (Å²) in [6, 6.07) is 7.01. The van der Waals surface area contributed by atoms with Gasteiger partial charge in [0.1, 0.15) is 5.41 Å². The zero-order valence-corrected chi connectivity index (χ0v) is 12.6. The third-order valence-corrected chi connectivity index (χ3v) is 5.45. The molecule has 18 heavy (non-hydrogen) atoms. The monoisotopic (exact) mass is 328 g/mol. The number of halogens is 1. The fourth-order valence-corrected chi connectivity index (χ4v) is 4.15. The van der Waals surface area contributed by atoms with Gasteiger partial charge in [-0.1, -0.05) is 6.07 Å². The summed E-state index contributed by atoms with van der Waals surface area (Å²) < 4.78 is 0.637. The molecule has 1 aromatic rings. The minimum atomic E-state index is -1.31. The summed E-state index contributed by atoms with van der Waals surface area (Å²) in [6.07, 6.45) is 0.441. The smallest absolute Gasteiger partial charge is 0.230 e. The topological polar surface area (TPSA) is 83.9 Å². The third-order valence-electron chi connectivity index (χ3n) is 3.28. The molecule has 1 aliphatic rings. The number of ketones is 1. The van der Waals surface area contributed by atoms with Crippen LogP contribution in [0.3, 0.4) is 0 Å². The summed E-state index contributed by atoms with van der Waals surface area (Å²) in [5.41, 5.74) is 5.47. The van der Waals surface area contributed by atoms with Crippen LogP contribution in [0, 0.1) is 11.3 Å². The maximum absolute atomic E-state index is 12.1. The van der Waals surface area contributed by atoms with Crippen LogP contribution in [0.4, 0.5) is 5.69 Å². The van der Waals surface area contributed by atoms with Crippen molar-refractivity contribution in [3.05, 3.63) is 28.2 Å². The number of rotatable bonds is 1. The normalized spacial score (nSPS) is 24.2. The lowest BCUT2D eigenvalue weighted by Crippen LogP contribution is -2.42. The first kappa shape index (κ1) is 13.1. The van der Waals surface area contributed by atoms with Crippen LogP contribution in [-0.4, -0.2) is 16.7 Å². The van der Waals surface area contributed by atoms with E-state index in [1.807, 2.05) is 0 Å². The van der Waals surface area contributed by atoms with E-state index in [4.69, 9.17) is 5.73 Å². The Kier molecular flexibility index (Phi) is 3.46. The van der Waals surface area contributed by atoms with E-state index in [2.05, 4.69) is 22.0 Å². The van der Waals surface area contributed by atoms with Gasteiger partial charge in [0.15, 0.2) is 0 Å². The molecule has 0 spiro atoms. The van der Waals surface area contributed by atoms with Gasteiger partial charge in [-0.25, -0.2) is 0 Å². The average molecular weight is 329 g/mol. The molecular weight excluding hydrogens is 316 g/mol. The highest BCUT2D eigenvalue weighted by Gasteiger charge is 2.45. The van der Waals surface area contributed by atoms with E-state index in [0.29, 0.717) is 27.9 Å². The second-order valence-corrected chi connectivity index (χ2v) is 7.06. The molecule has 1 aliphatic heterocycles. The number of Topliss-reactive ketones (excluding diaryl/α,β-unsaturated/α-hetero) is 1. The Balaban J connectivity index is 2.56. The summed E-state index contributed by atoms with van der Waals surface area (Å²) in [5, 5.41) is 9.07. The number of nitrogens with two attached hydrogens (primary N) is 1. The Morgan fingerprint density at radius 3 is 2.78 bits per heavy atom. The number of carbonyl (C=O) groups is 2. The van der Waals surface area contributed by atoms with E-state index in [9.17, 15) is 14.9 Å². The fraction of sp³-hybridized carbons (Fsp3) is 0.250. The third kappa shape index (κ3) is 1.93. The highest BCUT2D eigenvalue weighted by molar-refractivity contribution is 9.10. The highest BCUT2D eigenvalue weighted by Crippen LogP contribution is 2.37. The van der Waals surface area contributed by atoms with Gasteiger partial charge >= 0.3 is 0 Å². The minimum Gasteiger partial charge on any atom is -0.398 e. The molecule has 0 bridgehead atoms. The molecule has 0 saturated carbocycles. The Morgan fingerprint density at radius 2 is 2.17 bits per heavy atom. The first-order valence-electron chi connectivity index (χ1n) is 5.55. The molecule has 0 radical (unpaired) electrons. The van der Waals surface area contributed by atoms with Crippen LogP contribution in [0.2, 0.25) is 0 Å². The lowest BCUT2D eigenvalue weighted by atomic mass is 9.76. The number of benzene rings is 1. The van der Waals surface area contributed by atoms with Gasteiger partial charge in [-0.2, -0.15) is 5.26 Å². The zero-order valence-electron chi connectivity index (χ0n) is 9.57. The van der Waals surface area contributed by atoms with Gasteiger partial charge in [-0.15, -0.1) is 0 Å². The SMILES string of the molecule is N#CC1(c2ccc(N)c(Br)c2)CC[SH4]C(=O)C1=O. The summed E-state index contributed by atoms with van der Waals surface area (Å²) >= 11 is 2.29. The van der Waals surface area contributed by atoms with E-state index in [0.717, 1.165) is 0 Å². The van der Waals surface area contributed by atoms with Crippen LogP contribution in [-0.2, 0) is 15.0 Å². The first-order valence-corrected chi connectivity index (χ1v) is 8.05. The van der Waals surface area contributed by atoms with Gasteiger partial charge in [0, 0.05) is 10.2 Å². The Bertz CT molecular complexity index is 582. The zero-order chi connectivity index (χ0) is 13.3. The Labute approximate surface area is 117 Å². The number of hydrogen-bond donors (Lipinski definition) is 1. The molecule has 1 aromatic carbocycles. The number of anilines is 1. The van der Waals surface area contributed by atoms with E-state index in [1.165, 1.54) is 0 Å². The van der Waals surface area contributed by atoms with Gasteiger partial charge in [0.25, 0.3) is 0 Å². The largest absolute Gasteiger partial charge is 0.398 e. The van der Waals surface area contributed by atoms with E-state index < -0.39 is 23.0 Å². The quantitative estimate of drug-likeness (QED) is 0.614. The number of hydrogen-bond acceptors (Lipinski definition) is 4. The molecule has 6 heteroatoms. The van der Waals surface area contributed by atoms with Gasteiger partial charge < -0.3 is 5.73 Å². The van der Waals surface area contributed by atoms with Gasteiger partial charge in [-0.3, -0.25) is 21.4 Å². The number of nitrogens with zero attached hydrogens (tertiary/aromatic N) is 1. The van der Waals surface area contributed by atoms with Crippen molar-refractivity contribution in [3.8, 4) is 6.07 Å². The summed E-state index contributed by atoms with van der Waals surface area (Å²) in [5.74, 6) is 0.153. The van der Waals surface area contributed by atoms with Crippen LogP contribution < -0.4 is 5.73 Å². The molecule has 1 fully saturated rings. The molecule has 1 saturated heterocycles. The minimum absolute atomic E-state index is 0.323. The standard InChI is InChI=1S/C12H13BrN2O2S/c13-8-5-7(1-2-9(8)15)12(6-14)3-4-18-11(17)10(12)16/h1-2,5H,3-4,15H2,18H4. The van der Waals surface area contributed by atoms with Crippen molar-refractivity contribution in [1.82, 2.24) is 0 Å². The van der Waals surface area contributed by atoms with Crippen molar-refractivity contribution in [3.63, 3.8) is 0 Å². The van der Waals surface area contributed by atoms with Crippen molar-refractivity contribution < 1.29 is 9.59 Å². The van der Waals surface area contributed by atoms with Crippen LogP contribution in [0.1, 0.15) is 12.0 Å². The van der Waals surface area contributed by atoms with Crippen LogP contribution in [0.25, 0.3) is 0 Å². The van der Waals surface area contributed by atoms with Gasteiger partial charge in [0.05, 0.1) is 6.07 Å². The molecule has 1 heterocycles. The fourth-order valence-electron chi connectivity index (χ4n) is 2.22. The molecule has 0 amide bonds. The second-order valence-electron chi connectivity index (χ2n) is 4.36. The summed E-state index contributed by atoms with van der Waals surface area (Å²) in [7, 11) is 0. The van der Waals surface area contributed by atoms with Gasteiger partial charge in [-0.05, 0) is 45.8 Å². The molecule has 0 aliphatic carbocycles. The van der Waals surface area contributed by atoms with Gasteiger partial charge in [0.2, 0.25) is 10.9 Å². The first-order chi connectivity index (χ1) is 8.51. The molecule has 2 N–H and O–H groups in total. The molecule has 1 unspecified atom stereocenters. The summed E-state index contributed by atoms with van der Waals surface area (Å²) in [6.45, 7) is 0. The predicted octanol–water partition coefficient (Wildman–Crippen LogP) is 0.954. The number of carbonyl (C=O) groups excluding carboxylic acids is 2. The van der Waals surface area contributed by atoms with Crippen molar-refractivity contribution >= 4 is 44.3 Å². The lowest BCUT2D eigenvalue weighted by molar-refractivity contribution is -0.134. The molecule has 96 valence electrons. The maximum atomic E-state index is 12.1. The molecule has 2 rings (SSSR count). The summed E-state index contributed by atoms with van der Waals surface area (Å²) in [4.78, 5) is 23.7. The maximum Gasteiger partial charge on any atom is 0.230 e. The highest BCUT2D eigenvalue weighted by atomic mass is 79.9.